The summed E-state index contributed by atoms with van der Waals surface area (Å²) < 4.78 is 14.5. The minimum Gasteiger partial charge on any atom is -0.398 e. The molecule has 0 aliphatic carbocycles. The summed E-state index contributed by atoms with van der Waals surface area (Å²) in [7, 11) is 0. The molecule has 1 amide bonds. The van der Waals surface area contributed by atoms with Gasteiger partial charge in [-0.2, -0.15) is 0 Å². The van der Waals surface area contributed by atoms with Crippen molar-refractivity contribution in [2.75, 3.05) is 23.7 Å². The minimum atomic E-state index is -0.438. The molecule has 0 spiro atoms. The van der Waals surface area contributed by atoms with Crippen molar-refractivity contribution in [3.8, 4) is 0 Å². The summed E-state index contributed by atoms with van der Waals surface area (Å²) >= 11 is 0. The summed E-state index contributed by atoms with van der Waals surface area (Å²) in [6.07, 6.45) is 2.21. The number of nitrogen functional groups attached to an aromatic ring is 1. The summed E-state index contributed by atoms with van der Waals surface area (Å²) in [4.78, 5) is 18.1. The van der Waals surface area contributed by atoms with E-state index in [2.05, 4.69) is 10.3 Å². The normalized spacial score (nSPS) is 18.9. The zero-order valence-electron chi connectivity index (χ0n) is 11.8. The van der Waals surface area contributed by atoms with Gasteiger partial charge in [0.05, 0.1) is 5.52 Å². The van der Waals surface area contributed by atoms with E-state index >= 15 is 0 Å². The fraction of sp³-hybridized carbons (Fsp3) is 0.333. The number of anilines is 2. The number of aromatic nitrogens is 1. The van der Waals surface area contributed by atoms with E-state index in [1.165, 1.54) is 6.07 Å². The first-order valence-corrected chi connectivity index (χ1v) is 7.00. The van der Waals surface area contributed by atoms with Crippen LogP contribution in [0.3, 0.4) is 0 Å². The van der Waals surface area contributed by atoms with Crippen molar-refractivity contribution in [2.45, 2.75) is 19.4 Å². The van der Waals surface area contributed by atoms with Crippen molar-refractivity contribution in [1.29, 1.82) is 0 Å². The summed E-state index contributed by atoms with van der Waals surface area (Å²) in [5.74, 6) is -0.518. The van der Waals surface area contributed by atoms with E-state index in [9.17, 15) is 9.18 Å². The third kappa shape index (κ3) is 2.16. The highest BCUT2D eigenvalue weighted by molar-refractivity contribution is 6.00. The number of hydrogen-bond donors (Lipinski definition) is 2. The fourth-order valence-corrected chi connectivity index (χ4v) is 2.88. The van der Waals surface area contributed by atoms with Crippen LogP contribution in [0.5, 0.6) is 0 Å². The van der Waals surface area contributed by atoms with Crippen LogP contribution in [0.1, 0.15) is 13.3 Å². The van der Waals surface area contributed by atoms with E-state index in [-0.39, 0.29) is 11.9 Å². The highest BCUT2D eigenvalue weighted by Gasteiger charge is 2.31. The molecule has 0 saturated carbocycles. The third-order valence-electron chi connectivity index (χ3n) is 3.86. The molecular formula is C15H17FN4O. The second-order valence-electron chi connectivity index (χ2n) is 5.10. The molecule has 1 unspecified atom stereocenters. The molecule has 1 fully saturated rings. The van der Waals surface area contributed by atoms with Gasteiger partial charge in [-0.05, 0) is 24.6 Å². The number of pyridine rings is 1. The molecule has 1 aliphatic heterocycles. The maximum Gasteiger partial charge on any atom is 0.242 e. The minimum absolute atomic E-state index is 0.0796. The average Bonchev–Trinajstić information content (AvgIpc) is 2.47. The van der Waals surface area contributed by atoms with Crippen LogP contribution in [0.25, 0.3) is 10.9 Å². The first-order chi connectivity index (χ1) is 10.1. The number of nitrogens with two attached hydrogens (primary N) is 1. The van der Waals surface area contributed by atoms with Crippen molar-refractivity contribution in [3.63, 3.8) is 0 Å². The second-order valence-corrected chi connectivity index (χ2v) is 5.10. The molecule has 3 rings (SSSR count). The van der Waals surface area contributed by atoms with Gasteiger partial charge in [0.15, 0.2) is 5.82 Å². The van der Waals surface area contributed by atoms with Crippen LogP contribution >= 0.6 is 0 Å². The Hall–Kier alpha value is -2.37. The highest BCUT2D eigenvalue weighted by atomic mass is 19.1. The van der Waals surface area contributed by atoms with Gasteiger partial charge in [-0.25, -0.2) is 4.39 Å². The molecule has 110 valence electrons. The van der Waals surface area contributed by atoms with Gasteiger partial charge in [-0.1, -0.05) is 6.92 Å². The van der Waals surface area contributed by atoms with Crippen LogP contribution in [0.15, 0.2) is 24.4 Å². The predicted molar refractivity (Wildman–Crippen MR) is 80.5 cm³/mol. The van der Waals surface area contributed by atoms with Gasteiger partial charge >= 0.3 is 0 Å². The second kappa shape index (κ2) is 5.20. The van der Waals surface area contributed by atoms with E-state index < -0.39 is 5.82 Å². The average molecular weight is 288 g/mol. The van der Waals surface area contributed by atoms with E-state index in [1.54, 1.807) is 17.2 Å². The van der Waals surface area contributed by atoms with E-state index in [4.69, 9.17) is 5.73 Å². The Bertz CT molecular complexity index is 703. The number of fused-ring (bicyclic) bond motifs is 1. The van der Waals surface area contributed by atoms with Crippen LogP contribution in [0, 0.1) is 5.82 Å². The lowest BCUT2D eigenvalue weighted by Gasteiger charge is -2.36. The number of nitrogens with zero attached hydrogens (tertiary/aromatic N) is 2. The highest BCUT2D eigenvalue weighted by Crippen LogP contribution is 2.34. The van der Waals surface area contributed by atoms with Gasteiger partial charge in [0.2, 0.25) is 5.91 Å². The van der Waals surface area contributed by atoms with Crippen LogP contribution in [-0.4, -0.2) is 30.0 Å². The van der Waals surface area contributed by atoms with Gasteiger partial charge in [-0.15, -0.1) is 0 Å². The molecule has 21 heavy (non-hydrogen) atoms. The summed E-state index contributed by atoms with van der Waals surface area (Å²) in [6.45, 7) is 2.96. The Labute approximate surface area is 121 Å². The zero-order valence-corrected chi connectivity index (χ0v) is 11.8. The number of carbonyl (C=O) groups is 1. The van der Waals surface area contributed by atoms with E-state index in [1.807, 2.05) is 13.0 Å². The Morgan fingerprint density at radius 3 is 3.14 bits per heavy atom. The maximum atomic E-state index is 14.5. The Balaban J connectivity index is 2.21. The zero-order chi connectivity index (χ0) is 15.0. The SMILES string of the molecule is CCC1C(=O)NCCN1c1c(F)cc(N)c2cccnc12. The Morgan fingerprint density at radius 2 is 2.38 bits per heavy atom. The summed E-state index contributed by atoms with van der Waals surface area (Å²) in [6, 6.07) is 4.49. The summed E-state index contributed by atoms with van der Waals surface area (Å²) in [5.41, 5.74) is 7.09. The van der Waals surface area contributed by atoms with Gasteiger partial charge in [0.25, 0.3) is 0 Å². The molecule has 0 bridgehead atoms. The number of hydrogen-bond acceptors (Lipinski definition) is 4. The van der Waals surface area contributed by atoms with Crippen LogP contribution in [-0.2, 0) is 4.79 Å². The molecule has 1 aliphatic rings. The first-order valence-electron chi connectivity index (χ1n) is 7.00. The van der Waals surface area contributed by atoms with Crippen molar-refractivity contribution >= 4 is 28.2 Å². The number of nitrogens with one attached hydrogen (secondary N) is 1. The van der Waals surface area contributed by atoms with Crippen LogP contribution in [0.4, 0.5) is 15.8 Å². The van der Waals surface area contributed by atoms with E-state index in [0.717, 1.165) is 0 Å². The number of carbonyl (C=O) groups excluding carboxylic acids is 1. The van der Waals surface area contributed by atoms with Gasteiger partial charge < -0.3 is 16.0 Å². The molecule has 1 atom stereocenters. The predicted octanol–water partition coefficient (Wildman–Crippen LogP) is 1.67. The molecule has 1 aromatic carbocycles. The first kappa shape index (κ1) is 13.6. The molecule has 1 saturated heterocycles. The quantitative estimate of drug-likeness (QED) is 0.825. The molecule has 6 heteroatoms. The lowest BCUT2D eigenvalue weighted by Crippen LogP contribution is -2.55. The molecular weight excluding hydrogens is 271 g/mol. The molecule has 1 aromatic heterocycles. The number of benzene rings is 1. The number of halogens is 1. The topological polar surface area (TPSA) is 71.2 Å². The van der Waals surface area contributed by atoms with Crippen LogP contribution in [0.2, 0.25) is 0 Å². The molecule has 2 heterocycles. The maximum absolute atomic E-state index is 14.5. The Morgan fingerprint density at radius 1 is 1.57 bits per heavy atom. The van der Waals surface area contributed by atoms with Gasteiger partial charge in [0.1, 0.15) is 11.7 Å². The lowest BCUT2D eigenvalue weighted by molar-refractivity contribution is -0.123. The number of piperazine rings is 1. The third-order valence-corrected chi connectivity index (χ3v) is 3.86. The number of rotatable bonds is 2. The fourth-order valence-electron chi connectivity index (χ4n) is 2.88. The van der Waals surface area contributed by atoms with Gasteiger partial charge in [0, 0.05) is 30.4 Å². The van der Waals surface area contributed by atoms with Crippen molar-refractivity contribution in [3.05, 3.63) is 30.2 Å². The van der Waals surface area contributed by atoms with Crippen molar-refractivity contribution < 1.29 is 9.18 Å². The van der Waals surface area contributed by atoms with Crippen molar-refractivity contribution in [1.82, 2.24) is 10.3 Å². The standard InChI is InChI=1S/C15H17FN4O/c1-2-12-15(21)19-6-7-20(12)14-10(16)8-11(17)9-4-3-5-18-13(9)14/h3-5,8,12H,2,6-7,17H2,1H3,(H,19,21). The monoisotopic (exact) mass is 288 g/mol. The number of amides is 1. The van der Waals surface area contributed by atoms with E-state index in [0.29, 0.717) is 41.8 Å². The Kier molecular flexibility index (Phi) is 3.37. The molecule has 0 radical (unpaired) electrons. The van der Waals surface area contributed by atoms with Crippen molar-refractivity contribution in [2.24, 2.45) is 0 Å². The van der Waals surface area contributed by atoms with Crippen LogP contribution < -0.4 is 16.0 Å². The molecule has 2 aromatic rings. The summed E-state index contributed by atoms with van der Waals surface area (Å²) in [5, 5.41) is 3.52. The lowest BCUT2D eigenvalue weighted by atomic mass is 10.1. The smallest absolute Gasteiger partial charge is 0.242 e. The van der Waals surface area contributed by atoms with Gasteiger partial charge in [-0.3, -0.25) is 9.78 Å². The largest absolute Gasteiger partial charge is 0.398 e. The molecule has 3 N–H and O–H groups in total. The molecule has 5 nitrogen and oxygen atoms in total.